The zero-order valence-electron chi connectivity index (χ0n) is 10.9. The van der Waals surface area contributed by atoms with Gasteiger partial charge < -0.3 is 9.80 Å². The van der Waals surface area contributed by atoms with Gasteiger partial charge in [-0.25, -0.2) is 4.79 Å². The van der Waals surface area contributed by atoms with E-state index in [1.807, 2.05) is 13.8 Å². The van der Waals surface area contributed by atoms with E-state index in [0.717, 1.165) is 25.9 Å². The van der Waals surface area contributed by atoms with Crippen LogP contribution >= 0.6 is 0 Å². The molecule has 3 amide bonds. The first-order valence-electron chi connectivity index (χ1n) is 6.39. The number of amides is 3. The van der Waals surface area contributed by atoms with Gasteiger partial charge >= 0.3 is 6.03 Å². The third-order valence-corrected chi connectivity index (χ3v) is 4.07. The molecule has 0 saturated carbocycles. The molecule has 2 aliphatic heterocycles. The summed E-state index contributed by atoms with van der Waals surface area (Å²) in [6, 6.07) is -0.107. The Morgan fingerprint density at radius 1 is 1.12 bits per heavy atom. The average Bonchev–Trinajstić information content (AvgIpc) is 2.52. The fourth-order valence-corrected chi connectivity index (χ4v) is 2.97. The molecule has 96 valence electrons. The van der Waals surface area contributed by atoms with Gasteiger partial charge in [-0.15, -0.1) is 0 Å². The number of likely N-dealkylation sites (N-methyl/N-ethyl adjacent to an activating group) is 2. The van der Waals surface area contributed by atoms with Crippen molar-refractivity contribution >= 4 is 11.9 Å². The maximum absolute atomic E-state index is 12.4. The van der Waals surface area contributed by atoms with Crippen LogP contribution < -0.4 is 0 Å². The predicted octanol–water partition coefficient (Wildman–Crippen LogP) is 0.755. The molecular weight excluding hydrogens is 218 g/mol. The molecule has 2 saturated heterocycles. The van der Waals surface area contributed by atoms with Crippen molar-refractivity contribution in [2.45, 2.75) is 32.2 Å². The van der Waals surface area contributed by atoms with E-state index < -0.39 is 5.54 Å². The van der Waals surface area contributed by atoms with Crippen LogP contribution in [0.2, 0.25) is 0 Å². The summed E-state index contributed by atoms with van der Waals surface area (Å²) in [6.07, 6.45) is 1.52. The molecule has 0 aliphatic carbocycles. The molecule has 0 aromatic heterocycles. The van der Waals surface area contributed by atoms with Gasteiger partial charge in [0.05, 0.1) is 0 Å². The molecule has 0 radical (unpaired) electrons. The molecule has 0 N–H and O–H groups in total. The zero-order chi connectivity index (χ0) is 12.6. The van der Waals surface area contributed by atoms with Gasteiger partial charge in [-0.1, -0.05) is 0 Å². The third-order valence-electron chi connectivity index (χ3n) is 4.07. The van der Waals surface area contributed by atoms with Gasteiger partial charge in [-0.05, 0) is 33.7 Å². The number of hydrogen-bond donors (Lipinski definition) is 0. The third kappa shape index (κ3) is 1.64. The van der Waals surface area contributed by atoms with Crippen molar-refractivity contribution in [2.75, 3.05) is 33.2 Å². The van der Waals surface area contributed by atoms with Crippen LogP contribution in [0.15, 0.2) is 0 Å². The summed E-state index contributed by atoms with van der Waals surface area (Å²) in [5, 5.41) is 0. The van der Waals surface area contributed by atoms with E-state index in [-0.39, 0.29) is 11.9 Å². The molecule has 17 heavy (non-hydrogen) atoms. The summed E-state index contributed by atoms with van der Waals surface area (Å²) in [7, 11) is 2.06. The number of urea groups is 1. The second-order valence-corrected chi connectivity index (χ2v) is 4.91. The van der Waals surface area contributed by atoms with Gasteiger partial charge in [-0.2, -0.15) is 0 Å². The number of piperidine rings is 1. The molecule has 1 spiro atoms. The van der Waals surface area contributed by atoms with E-state index in [9.17, 15) is 9.59 Å². The highest BCUT2D eigenvalue weighted by atomic mass is 16.2. The maximum atomic E-state index is 12.4. The lowest BCUT2D eigenvalue weighted by atomic mass is 9.86. The highest BCUT2D eigenvalue weighted by Crippen LogP contribution is 2.36. The SMILES string of the molecule is CCN1C(=O)N(CC)C2(CCN(C)CC2)C1=O. The van der Waals surface area contributed by atoms with Crippen LogP contribution in [0.3, 0.4) is 0 Å². The van der Waals surface area contributed by atoms with Crippen molar-refractivity contribution in [3.63, 3.8) is 0 Å². The fraction of sp³-hybridized carbons (Fsp3) is 0.833. The van der Waals surface area contributed by atoms with E-state index in [2.05, 4.69) is 11.9 Å². The van der Waals surface area contributed by atoms with Crippen molar-refractivity contribution in [3.05, 3.63) is 0 Å². The number of imide groups is 1. The minimum absolute atomic E-state index is 0.0138. The Hall–Kier alpha value is -1.10. The van der Waals surface area contributed by atoms with Crippen LogP contribution in [-0.4, -0.2) is 65.4 Å². The highest BCUT2D eigenvalue weighted by Gasteiger charge is 2.56. The van der Waals surface area contributed by atoms with Gasteiger partial charge in [0.25, 0.3) is 5.91 Å². The summed E-state index contributed by atoms with van der Waals surface area (Å²) < 4.78 is 0. The molecule has 2 heterocycles. The van der Waals surface area contributed by atoms with Crippen molar-refractivity contribution in [1.29, 1.82) is 0 Å². The smallest absolute Gasteiger partial charge is 0.310 e. The Balaban J connectivity index is 2.31. The quantitative estimate of drug-likeness (QED) is 0.668. The molecule has 0 atom stereocenters. The molecule has 0 unspecified atom stereocenters. The van der Waals surface area contributed by atoms with E-state index in [4.69, 9.17) is 0 Å². The van der Waals surface area contributed by atoms with Crippen LogP contribution in [0.1, 0.15) is 26.7 Å². The number of carbonyl (C=O) groups is 2. The first-order chi connectivity index (χ1) is 8.06. The van der Waals surface area contributed by atoms with Gasteiger partial charge in [0.1, 0.15) is 5.54 Å². The molecule has 5 heteroatoms. The van der Waals surface area contributed by atoms with E-state index in [0.29, 0.717) is 13.1 Å². The van der Waals surface area contributed by atoms with Crippen molar-refractivity contribution in [1.82, 2.24) is 14.7 Å². The Labute approximate surface area is 102 Å². The standard InChI is InChI=1S/C12H21N3O2/c1-4-14-10(16)12(15(5-2)11(14)17)6-8-13(3)9-7-12/h4-9H2,1-3H3. The van der Waals surface area contributed by atoms with Gasteiger partial charge in [0.2, 0.25) is 0 Å². The van der Waals surface area contributed by atoms with E-state index >= 15 is 0 Å². The number of nitrogens with zero attached hydrogens (tertiary/aromatic N) is 3. The van der Waals surface area contributed by atoms with E-state index in [1.54, 1.807) is 4.90 Å². The van der Waals surface area contributed by atoms with Crippen molar-refractivity contribution in [2.24, 2.45) is 0 Å². The molecular formula is C12H21N3O2. The Morgan fingerprint density at radius 3 is 2.18 bits per heavy atom. The van der Waals surface area contributed by atoms with Crippen LogP contribution in [0.25, 0.3) is 0 Å². The normalized spacial score (nSPS) is 25.1. The second-order valence-electron chi connectivity index (χ2n) is 4.91. The summed E-state index contributed by atoms with van der Waals surface area (Å²) in [4.78, 5) is 30.0. The molecule has 2 fully saturated rings. The number of hydrogen-bond acceptors (Lipinski definition) is 3. The lowest BCUT2D eigenvalue weighted by Gasteiger charge is -2.40. The molecule has 0 bridgehead atoms. The Kier molecular flexibility index (Phi) is 3.12. The van der Waals surface area contributed by atoms with Gasteiger partial charge in [0.15, 0.2) is 0 Å². The molecule has 0 aromatic rings. The molecule has 2 rings (SSSR count). The first kappa shape index (κ1) is 12.4. The first-order valence-corrected chi connectivity index (χ1v) is 6.39. The van der Waals surface area contributed by atoms with Gasteiger partial charge in [-0.3, -0.25) is 9.69 Å². The molecule has 5 nitrogen and oxygen atoms in total. The zero-order valence-corrected chi connectivity index (χ0v) is 10.9. The minimum Gasteiger partial charge on any atom is -0.310 e. The summed E-state index contributed by atoms with van der Waals surface area (Å²) in [5.41, 5.74) is -0.547. The Morgan fingerprint density at radius 2 is 1.71 bits per heavy atom. The predicted molar refractivity (Wildman–Crippen MR) is 64.6 cm³/mol. The van der Waals surface area contributed by atoms with Crippen LogP contribution in [0.5, 0.6) is 0 Å². The number of carbonyl (C=O) groups excluding carboxylic acids is 2. The topological polar surface area (TPSA) is 43.9 Å². The van der Waals surface area contributed by atoms with Crippen LogP contribution in [-0.2, 0) is 4.79 Å². The highest BCUT2D eigenvalue weighted by molar-refractivity contribution is 6.07. The van der Waals surface area contributed by atoms with Crippen molar-refractivity contribution < 1.29 is 9.59 Å². The van der Waals surface area contributed by atoms with Crippen LogP contribution in [0, 0.1) is 0 Å². The van der Waals surface area contributed by atoms with Crippen molar-refractivity contribution in [3.8, 4) is 0 Å². The summed E-state index contributed by atoms with van der Waals surface area (Å²) in [6.45, 7) is 6.67. The summed E-state index contributed by atoms with van der Waals surface area (Å²) in [5.74, 6) is 0.0138. The minimum atomic E-state index is -0.547. The van der Waals surface area contributed by atoms with Crippen LogP contribution in [0.4, 0.5) is 4.79 Å². The largest absolute Gasteiger partial charge is 0.327 e. The van der Waals surface area contributed by atoms with Gasteiger partial charge in [0, 0.05) is 26.2 Å². The Bertz CT molecular complexity index is 335. The molecule has 0 aromatic carbocycles. The lowest BCUT2D eigenvalue weighted by molar-refractivity contribution is -0.135. The number of likely N-dealkylation sites (tertiary alicyclic amines) is 1. The maximum Gasteiger partial charge on any atom is 0.327 e. The monoisotopic (exact) mass is 239 g/mol. The lowest BCUT2D eigenvalue weighted by Crippen LogP contribution is -2.55. The van der Waals surface area contributed by atoms with E-state index in [1.165, 1.54) is 4.90 Å². The fourth-order valence-electron chi connectivity index (χ4n) is 2.97. The summed E-state index contributed by atoms with van der Waals surface area (Å²) >= 11 is 0. The average molecular weight is 239 g/mol. The number of rotatable bonds is 2. The molecule has 2 aliphatic rings. The second kappa shape index (κ2) is 4.29.